The Morgan fingerprint density at radius 2 is 2.29 bits per heavy atom. The Hall–Kier alpha value is -0.900. The monoisotopic (exact) mass is 197 g/mol. The van der Waals surface area contributed by atoms with Gasteiger partial charge in [-0.15, -0.1) is 0 Å². The van der Waals surface area contributed by atoms with Crippen LogP contribution in [0.3, 0.4) is 0 Å². The fourth-order valence-electron chi connectivity index (χ4n) is 1.95. The summed E-state index contributed by atoms with van der Waals surface area (Å²) in [5, 5.41) is 1.38. The lowest BCUT2D eigenvalue weighted by Crippen LogP contribution is -2.38. The molecule has 0 bridgehead atoms. The van der Waals surface area contributed by atoms with Crippen LogP contribution in [0, 0.1) is 0 Å². The number of Topliss-reactive ketones (excluding diaryl/α,β-unsaturated/α-hetero) is 1. The molecular weight excluding hydrogens is 182 g/mol. The van der Waals surface area contributed by atoms with Crippen molar-refractivity contribution in [3.8, 4) is 0 Å². The molecule has 1 spiro atoms. The molecule has 1 saturated heterocycles. The summed E-state index contributed by atoms with van der Waals surface area (Å²) in [6.07, 6.45) is 4.01. The van der Waals surface area contributed by atoms with Gasteiger partial charge in [-0.25, -0.2) is 5.06 Å². The van der Waals surface area contributed by atoms with Crippen molar-refractivity contribution in [1.82, 2.24) is 5.06 Å². The smallest absolute Gasteiger partial charge is 0.249 e. The Bertz CT molecular complexity index is 271. The Morgan fingerprint density at radius 1 is 1.57 bits per heavy atom. The third-order valence-corrected chi connectivity index (χ3v) is 2.99. The second-order valence-corrected chi connectivity index (χ2v) is 4.25. The van der Waals surface area contributed by atoms with Crippen LogP contribution < -0.4 is 0 Å². The lowest BCUT2D eigenvalue weighted by molar-refractivity contribution is -0.219. The topological polar surface area (TPSA) is 46.6 Å². The van der Waals surface area contributed by atoms with Crippen molar-refractivity contribution in [2.24, 2.45) is 0 Å². The zero-order valence-electron chi connectivity index (χ0n) is 8.41. The van der Waals surface area contributed by atoms with Crippen molar-refractivity contribution in [2.75, 3.05) is 6.54 Å². The zero-order valence-corrected chi connectivity index (χ0v) is 8.41. The minimum atomic E-state index is -0.187. The fraction of sp³-hybridized carbons (Fsp3) is 0.800. The van der Waals surface area contributed by atoms with Crippen molar-refractivity contribution >= 4 is 11.7 Å². The summed E-state index contributed by atoms with van der Waals surface area (Å²) in [5.74, 6) is 0.127. The molecular formula is C10H15NO3. The average Bonchev–Trinajstić information content (AvgIpc) is 2.39. The van der Waals surface area contributed by atoms with Gasteiger partial charge in [0.05, 0.1) is 13.0 Å². The minimum Gasteiger partial charge on any atom is -0.300 e. The molecule has 78 valence electrons. The molecule has 1 aliphatic heterocycles. The molecule has 0 atom stereocenters. The molecule has 0 aromatic rings. The number of carbonyl (C=O) groups is 2. The molecule has 0 aromatic heterocycles. The summed E-state index contributed by atoms with van der Waals surface area (Å²) in [4.78, 5) is 27.8. The number of hydrogen-bond donors (Lipinski definition) is 0. The highest BCUT2D eigenvalue weighted by Crippen LogP contribution is 2.43. The fourth-order valence-corrected chi connectivity index (χ4v) is 1.95. The number of hydrogen-bond acceptors (Lipinski definition) is 3. The second-order valence-electron chi connectivity index (χ2n) is 4.25. The Kier molecular flexibility index (Phi) is 2.31. The first-order valence-corrected chi connectivity index (χ1v) is 5.10. The molecule has 1 saturated carbocycles. The van der Waals surface area contributed by atoms with Gasteiger partial charge in [0, 0.05) is 6.42 Å². The quantitative estimate of drug-likeness (QED) is 0.679. The van der Waals surface area contributed by atoms with Crippen LogP contribution in [0.2, 0.25) is 0 Å². The third kappa shape index (κ3) is 1.66. The van der Waals surface area contributed by atoms with Crippen molar-refractivity contribution in [3.63, 3.8) is 0 Å². The molecule has 1 heterocycles. The van der Waals surface area contributed by atoms with Crippen LogP contribution >= 0.6 is 0 Å². The number of rotatable bonds is 3. The summed E-state index contributed by atoms with van der Waals surface area (Å²) < 4.78 is 0. The highest BCUT2D eigenvalue weighted by Gasteiger charge is 2.48. The van der Waals surface area contributed by atoms with Gasteiger partial charge in [-0.2, -0.15) is 0 Å². The van der Waals surface area contributed by atoms with Crippen molar-refractivity contribution in [3.05, 3.63) is 0 Å². The van der Waals surface area contributed by atoms with E-state index in [0.717, 1.165) is 19.3 Å². The van der Waals surface area contributed by atoms with Crippen LogP contribution in [-0.4, -0.2) is 28.9 Å². The van der Waals surface area contributed by atoms with Crippen LogP contribution in [-0.2, 0) is 14.4 Å². The van der Waals surface area contributed by atoms with E-state index in [1.165, 1.54) is 12.0 Å². The molecule has 2 fully saturated rings. The number of hydroxylamine groups is 2. The number of carbonyl (C=O) groups excluding carboxylic acids is 2. The van der Waals surface area contributed by atoms with Gasteiger partial charge >= 0.3 is 0 Å². The van der Waals surface area contributed by atoms with Crippen molar-refractivity contribution < 1.29 is 14.4 Å². The number of nitrogens with zero attached hydrogens (tertiary/aromatic N) is 1. The van der Waals surface area contributed by atoms with E-state index in [9.17, 15) is 9.59 Å². The molecule has 1 aliphatic carbocycles. The standard InChI is InChI=1S/C10H15NO3/c1-8(12)3-6-11-9(13)7-10(14-11)4-2-5-10/h2-7H2,1H3. The maximum atomic E-state index is 11.5. The van der Waals surface area contributed by atoms with E-state index in [1.807, 2.05) is 0 Å². The summed E-state index contributed by atoms with van der Waals surface area (Å²) in [5.41, 5.74) is -0.187. The van der Waals surface area contributed by atoms with Crippen molar-refractivity contribution in [2.45, 2.75) is 44.6 Å². The Morgan fingerprint density at radius 3 is 2.71 bits per heavy atom. The van der Waals surface area contributed by atoms with Gasteiger partial charge in [0.25, 0.3) is 0 Å². The van der Waals surface area contributed by atoms with E-state index in [4.69, 9.17) is 4.84 Å². The largest absolute Gasteiger partial charge is 0.300 e. The number of ketones is 1. The predicted octanol–water partition coefficient (Wildman–Crippen LogP) is 1.05. The maximum absolute atomic E-state index is 11.5. The summed E-state index contributed by atoms with van der Waals surface area (Å²) >= 11 is 0. The molecule has 0 radical (unpaired) electrons. The van der Waals surface area contributed by atoms with Crippen LogP contribution in [0.4, 0.5) is 0 Å². The summed E-state index contributed by atoms with van der Waals surface area (Å²) in [7, 11) is 0. The third-order valence-electron chi connectivity index (χ3n) is 2.99. The van der Waals surface area contributed by atoms with Gasteiger partial charge in [-0.05, 0) is 26.2 Å². The van der Waals surface area contributed by atoms with E-state index >= 15 is 0 Å². The molecule has 1 amide bonds. The first kappa shape index (κ1) is 9.65. The second kappa shape index (κ2) is 3.35. The SMILES string of the molecule is CC(=O)CCN1OC2(CCC2)CC1=O. The molecule has 0 N–H and O–H groups in total. The minimum absolute atomic E-state index is 0.0333. The van der Waals surface area contributed by atoms with E-state index in [1.54, 1.807) is 0 Å². The average molecular weight is 197 g/mol. The van der Waals surface area contributed by atoms with Crippen LogP contribution in [0.25, 0.3) is 0 Å². The summed E-state index contributed by atoms with van der Waals surface area (Å²) in [6, 6.07) is 0. The van der Waals surface area contributed by atoms with Crippen molar-refractivity contribution in [1.29, 1.82) is 0 Å². The molecule has 4 nitrogen and oxygen atoms in total. The summed E-state index contributed by atoms with van der Waals surface area (Å²) in [6.45, 7) is 1.94. The van der Waals surface area contributed by atoms with Crippen LogP contribution in [0.1, 0.15) is 39.0 Å². The zero-order chi connectivity index (χ0) is 10.2. The lowest BCUT2D eigenvalue weighted by Gasteiger charge is -2.35. The molecule has 0 aromatic carbocycles. The van der Waals surface area contributed by atoms with Crippen LogP contribution in [0.15, 0.2) is 0 Å². The first-order chi connectivity index (χ1) is 6.61. The molecule has 14 heavy (non-hydrogen) atoms. The maximum Gasteiger partial charge on any atom is 0.249 e. The first-order valence-electron chi connectivity index (χ1n) is 5.10. The predicted molar refractivity (Wildman–Crippen MR) is 49.3 cm³/mol. The van der Waals surface area contributed by atoms with Gasteiger partial charge in [0.1, 0.15) is 11.4 Å². The molecule has 2 rings (SSSR count). The normalized spacial score (nSPS) is 24.1. The highest BCUT2D eigenvalue weighted by molar-refractivity contribution is 5.80. The van der Waals surface area contributed by atoms with Gasteiger partial charge in [-0.3, -0.25) is 14.4 Å². The van der Waals surface area contributed by atoms with E-state index in [0.29, 0.717) is 19.4 Å². The van der Waals surface area contributed by atoms with Gasteiger partial charge < -0.3 is 0 Å². The van der Waals surface area contributed by atoms with E-state index in [2.05, 4.69) is 0 Å². The Labute approximate surface area is 83.2 Å². The molecule has 0 unspecified atom stereocenters. The van der Waals surface area contributed by atoms with Crippen LogP contribution in [0.5, 0.6) is 0 Å². The lowest BCUT2D eigenvalue weighted by atomic mass is 9.78. The van der Waals surface area contributed by atoms with Gasteiger partial charge in [-0.1, -0.05) is 0 Å². The Balaban J connectivity index is 1.88. The highest BCUT2D eigenvalue weighted by atomic mass is 16.7. The van der Waals surface area contributed by atoms with Gasteiger partial charge in [0.2, 0.25) is 5.91 Å². The van der Waals surface area contributed by atoms with Gasteiger partial charge in [0.15, 0.2) is 0 Å². The molecule has 4 heteroatoms. The van der Waals surface area contributed by atoms with E-state index < -0.39 is 0 Å². The van der Waals surface area contributed by atoms with E-state index in [-0.39, 0.29) is 17.3 Å². The number of amides is 1. The molecule has 2 aliphatic rings.